The number of aryl methyl sites for hydroxylation is 1. The molecule has 0 bridgehead atoms. The Morgan fingerprint density at radius 3 is 0.968 bits per heavy atom. The fourth-order valence-corrected chi connectivity index (χ4v) is 4.69. The highest BCUT2D eigenvalue weighted by atomic mass is 14.0. The van der Waals surface area contributed by atoms with E-state index in [-0.39, 0.29) is 0 Å². The van der Waals surface area contributed by atoms with Crippen molar-refractivity contribution < 1.29 is 0 Å². The first-order valence-electron chi connectivity index (χ1n) is 14.3. The molecule has 0 nitrogen and oxygen atoms in total. The third-order valence-electron chi connectivity index (χ3n) is 6.81. The van der Waals surface area contributed by atoms with Gasteiger partial charge in [0.2, 0.25) is 0 Å². The zero-order valence-corrected chi connectivity index (χ0v) is 21.1. The number of unbranched alkanes of at least 4 members (excludes halogenated alkanes) is 22. The van der Waals surface area contributed by atoms with Crippen molar-refractivity contribution >= 4 is 0 Å². The van der Waals surface area contributed by atoms with Gasteiger partial charge in [0.25, 0.3) is 0 Å². The van der Waals surface area contributed by atoms with Gasteiger partial charge in [0, 0.05) is 0 Å². The molecule has 0 amide bonds. The third kappa shape index (κ3) is 20.9. The molecule has 1 rings (SSSR count). The monoisotopic (exact) mass is 427 g/mol. The second-order valence-electron chi connectivity index (χ2n) is 9.87. The van der Waals surface area contributed by atoms with Gasteiger partial charge in [-0.2, -0.15) is 0 Å². The van der Waals surface area contributed by atoms with E-state index in [9.17, 15) is 0 Å². The average Bonchev–Trinajstić information content (AvgIpc) is 2.80. The summed E-state index contributed by atoms with van der Waals surface area (Å²) in [7, 11) is 0. The van der Waals surface area contributed by atoms with Crippen molar-refractivity contribution in [2.75, 3.05) is 0 Å². The molecule has 0 fully saturated rings. The molecule has 0 heteroatoms. The summed E-state index contributed by atoms with van der Waals surface area (Å²) >= 11 is 0. The molecule has 1 radical (unpaired) electrons. The minimum atomic E-state index is 1.12. The van der Waals surface area contributed by atoms with E-state index in [4.69, 9.17) is 0 Å². The quantitative estimate of drug-likeness (QED) is 0.144. The van der Waals surface area contributed by atoms with Crippen molar-refractivity contribution in [1.29, 1.82) is 0 Å². The van der Waals surface area contributed by atoms with Gasteiger partial charge < -0.3 is 0 Å². The molecule has 0 saturated carbocycles. The van der Waals surface area contributed by atoms with Gasteiger partial charge in [0.1, 0.15) is 0 Å². The van der Waals surface area contributed by atoms with Crippen LogP contribution in [0.4, 0.5) is 0 Å². The molecular formula is C31H55. The Balaban J connectivity index is 1.65. The lowest BCUT2D eigenvalue weighted by molar-refractivity contribution is 0.518. The minimum Gasteiger partial charge on any atom is -0.0622 e. The molecular weight excluding hydrogens is 372 g/mol. The van der Waals surface area contributed by atoms with Gasteiger partial charge in [-0.1, -0.05) is 179 Å². The summed E-state index contributed by atoms with van der Waals surface area (Å²) in [5, 5.41) is 0. The molecule has 0 spiro atoms. The highest BCUT2D eigenvalue weighted by molar-refractivity contribution is 5.14. The fourth-order valence-electron chi connectivity index (χ4n) is 4.69. The van der Waals surface area contributed by atoms with Gasteiger partial charge in [-0.3, -0.25) is 0 Å². The van der Waals surface area contributed by atoms with Crippen molar-refractivity contribution in [1.82, 2.24) is 0 Å². The molecule has 0 atom stereocenters. The van der Waals surface area contributed by atoms with Crippen LogP contribution in [0.5, 0.6) is 0 Å². The van der Waals surface area contributed by atoms with Crippen LogP contribution in [0.25, 0.3) is 0 Å². The number of benzene rings is 1. The zero-order chi connectivity index (χ0) is 22.1. The van der Waals surface area contributed by atoms with E-state index in [1.807, 2.05) is 0 Å². The van der Waals surface area contributed by atoms with E-state index >= 15 is 0 Å². The Morgan fingerprint density at radius 1 is 0.355 bits per heavy atom. The van der Waals surface area contributed by atoms with Gasteiger partial charge in [-0.05, 0) is 18.4 Å². The van der Waals surface area contributed by atoms with Gasteiger partial charge in [0.05, 0.1) is 0 Å². The Morgan fingerprint density at radius 2 is 0.645 bits per heavy atom. The molecule has 179 valence electrons. The maximum Gasteiger partial charge on any atom is -0.0279 e. The van der Waals surface area contributed by atoms with E-state index in [1.54, 1.807) is 0 Å². The number of rotatable bonds is 24. The second-order valence-corrected chi connectivity index (χ2v) is 9.87. The Bertz CT molecular complexity index is 435. The minimum absolute atomic E-state index is 1.12. The van der Waals surface area contributed by atoms with Crippen molar-refractivity contribution in [3.05, 3.63) is 42.8 Å². The number of hydrogen-bond donors (Lipinski definition) is 0. The molecule has 0 saturated heterocycles. The second kappa shape index (κ2) is 23.9. The van der Waals surface area contributed by atoms with Crippen LogP contribution < -0.4 is 0 Å². The highest BCUT2D eigenvalue weighted by Crippen LogP contribution is 2.15. The van der Waals surface area contributed by atoms with Crippen molar-refractivity contribution in [2.45, 2.75) is 154 Å². The normalized spacial score (nSPS) is 11.3. The molecule has 0 aliphatic heterocycles. The van der Waals surface area contributed by atoms with Crippen molar-refractivity contribution in [3.8, 4) is 0 Å². The topological polar surface area (TPSA) is 0 Å². The van der Waals surface area contributed by atoms with Crippen LogP contribution in [0.1, 0.15) is 153 Å². The summed E-state index contributed by atoms with van der Waals surface area (Å²) < 4.78 is 0. The highest BCUT2D eigenvalue weighted by Gasteiger charge is 1.96. The molecule has 0 aliphatic rings. The largest absolute Gasteiger partial charge is 0.0622 e. The third-order valence-corrected chi connectivity index (χ3v) is 6.81. The van der Waals surface area contributed by atoms with Crippen LogP contribution in [0.15, 0.2) is 30.3 Å². The van der Waals surface area contributed by atoms with Crippen LogP contribution in [-0.4, -0.2) is 0 Å². The van der Waals surface area contributed by atoms with E-state index in [1.165, 1.54) is 153 Å². The predicted molar refractivity (Wildman–Crippen MR) is 142 cm³/mol. The van der Waals surface area contributed by atoms with Crippen LogP contribution in [0.2, 0.25) is 0 Å². The maximum atomic E-state index is 3.92. The lowest BCUT2D eigenvalue weighted by Crippen LogP contribution is -1.86. The van der Waals surface area contributed by atoms with E-state index < -0.39 is 0 Å². The first kappa shape index (κ1) is 28.3. The molecule has 0 aliphatic carbocycles. The average molecular weight is 428 g/mol. The summed E-state index contributed by atoms with van der Waals surface area (Å²) in [5.74, 6) is 0. The van der Waals surface area contributed by atoms with E-state index in [0.717, 1.165) is 6.42 Å². The van der Waals surface area contributed by atoms with Gasteiger partial charge in [-0.25, -0.2) is 0 Å². The molecule has 1 aromatic carbocycles. The molecule has 0 heterocycles. The maximum absolute atomic E-state index is 3.92. The van der Waals surface area contributed by atoms with E-state index in [2.05, 4.69) is 37.3 Å². The first-order chi connectivity index (χ1) is 15.4. The standard InChI is InChI=1S/C31H55/c1-2-3-4-5-6-7-8-9-10-11-12-13-14-15-16-17-18-19-20-21-22-23-25-28-31-29-26-24-27-30-31/h24,26-27,29-30H,1-23,25,28H2. The fraction of sp³-hybridized carbons (Fsp3) is 0.774. The van der Waals surface area contributed by atoms with Gasteiger partial charge in [0.15, 0.2) is 0 Å². The Labute approximate surface area is 197 Å². The lowest BCUT2D eigenvalue weighted by Gasteiger charge is -2.04. The Kier molecular flexibility index (Phi) is 21.8. The molecule has 0 aromatic heterocycles. The van der Waals surface area contributed by atoms with Gasteiger partial charge >= 0.3 is 0 Å². The SMILES string of the molecule is [CH2]CCCCCCCCCCCCCCCCCCCCCCCCc1ccccc1. The number of hydrogen-bond acceptors (Lipinski definition) is 0. The predicted octanol–water partition coefficient (Wildman–Crippen LogP) is 11.0. The van der Waals surface area contributed by atoms with Gasteiger partial charge in [-0.15, -0.1) is 0 Å². The summed E-state index contributed by atoms with van der Waals surface area (Å²) in [6.45, 7) is 3.92. The van der Waals surface area contributed by atoms with Crippen LogP contribution in [-0.2, 0) is 6.42 Å². The van der Waals surface area contributed by atoms with Crippen molar-refractivity contribution in [2.24, 2.45) is 0 Å². The zero-order valence-electron chi connectivity index (χ0n) is 21.1. The molecule has 31 heavy (non-hydrogen) atoms. The lowest BCUT2D eigenvalue weighted by atomic mass is 10.0. The Hall–Kier alpha value is -0.780. The summed E-state index contributed by atoms with van der Waals surface area (Å²) in [4.78, 5) is 0. The summed E-state index contributed by atoms with van der Waals surface area (Å²) in [6, 6.07) is 11.0. The smallest absolute Gasteiger partial charge is 0.0279 e. The molecule has 0 N–H and O–H groups in total. The van der Waals surface area contributed by atoms with Crippen LogP contribution in [0.3, 0.4) is 0 Å². The first-order valence-corrected chi connectivity index (χ1v) is 14.3. The van der Waals surface area contributed by atoms with Crippen LogP contribution in [0, 0.1) is 6.92 Å². The van der Waals surface area contributed by atoms with E-state index in [0.29, 0.717) is 0 Å². The summed E-state index contributed by atoms with van der Waals surface area (Å²) in [5.41, 5.74) is 1.50. The molecule has 0 unspecified atom stereocenters. The van der Waals surface area contributed by atoms with Crippen molar-refractivity contribution in [3.63, 3.8) is 0 Å². The molecule has 1 aromatic rings. The summed E-state index contributed by atoms with van der Waals surface area (Å²) in [6.07, 6.45) is 34.3. The van der Waals surface area contributed by atoms with Crippen LogP contribution >= 0.6 is 0 Å².